The van der Waals surface area contributed by atoms with Crippen molar-refractivity contribution in [3.05, 3.63) is 53.9 Å². The lowest BCUT2D eigenvalue weighted by Crippen LogP contribution is -2.23. The first-order chi connectivity index (χ1) is 12.6. The Morgan fingerprint density at radius 2 is 1.96 bits per heavy atom. The van der Waals surface area contributed by atoms with Gasteiger partial charge >= 0.3 is 0 Å². The van der Waals surface area contributed by atoms with Gasteiger partial charge in [0.05, 0.1) is 7.11 Å². The van der Waals surface area contributed by atoms with Gasteiger partial charge in [-0.15, -0.1) is 0 Å². The molecule has 3 aromatic rings. The fourth-order valence-corrected chi connectivity index (χ4v) is 3.36. The zero-order valence-electron chi connectivity index (χ0n) is 14.6. The van der Waals surface area contributed by atoms with Gasteiger partial charge in [-0.1, -0.05) is 6.08 Å². The molecule has 0 bridgehead atoms. The lowest BCUT2D eigenvalue weighted by Gasteiger charge is -2.21. The Hall–Kier alpha value is -2.73. The Morgan fingerprint density at radius 3 is 2.69 bits per heavy atom. The summed E-state index contributed by atoms with van der Waals surface area (Å²) in [6.45, 7) is 1.90. The number of rotatable bonds is 3. The average Bonchev–Trinajstić information content (AvgIpc) is 3.08. The SMILES string of the molecule is COc1cc(F)c(F)cc1-c1ccnc2[nH]c(C3=CCN(C)CC3)cc12. The third kappa shape index (κ3) is 2.86. The number of halogens is 2. The third-order valence-electron chi connectivity index (χ3n) is 4.82. The Kier molecular flexibility index (Phi) is 4.20. The van der Waals surface area contributed by atoms with Crippen molar-refractivity contribution in [1.29, 1.82) is 0 Å². The number of H-pyrrole nitrogens is 1. The molecule has 1 aliphatic heterocycles. The van der Waals surface area contributed by atoms with Gasteiger partial charge in [-0.3, -0.25) is 0 Å². The quantitative estimate of drug-likeness (QED) is 0.764. The molecular formula is C20H19F2N3O. The van der Waals surface area contributed by atoms with Crippen molar-refractivity contribution in [3.63, 3.8) is 0 Å². The van der Waals surface area contributed by atoms with Gasteiger partial charge in [-0.2, -0.15) is 0 Å². The van der Waals surface area contributed by atoms with Crippen LogP contribution < -0.4 is 4.74 Å². The first-order valence-corrected chi connectivity index (χ1v) is 8.46. The molecule has 0 aliphatic carbocycles. The predicted octanol–water partition coefficient (Wildman–Crippen LogP) is 4.24. The van der Waals surface area contributed by atoms with Gasteiger partial charge in [0, 0.05) is 42.0 Å². The average molecular weight is 355 g/mol. The zero-order chi connectivity index (χ0) is 18.3. The molecule has 0 saturated carbocycles. The normalized spacial score (nSPS) is 15.3. The van der Waals surface area contributed by atoms with E-state index in [0.717, 1.165) is 42.2 Å². The summed E-state index contributed by atoms with van der Waals surface area (Å²) in [6, 6.07) is 6.06. The van der Waals surface area contributed by atoms with Crippen molar-refractivity contribution in [1.82, 2.24) is 14.9 Å². The number of hydrogen-bond acceptors (Lipinski definition) is 3. The number of pyridine rings is 1. The monoisotopic (exact) mass is 355 g/mol. The molecule has 1 aliphatic rings. The first kappa shape index (κ1) is 16.7. The zero-order valence-corrected chi connectivity index (χ0v) is 14.6. The molecule has 6 heteroatoms. The molecule has 0 atom stereocenters. The van der Waals surface area contributed by atoms with E-state index in [1.807, 2.05) is 6.07 Å². The molecule has 2 aromatic heterocycles. The van der Waals surface area contributed by atoms with Gasteiger partial charge in [0.2, 0.25) is 0 Å². The number of nitrogens with zero attached hydrogens (tertiary/aromatic N) is 2. The number of ether oxygens (including phenoxy) is 1. The molecule has 0 amide bonds. The largest absolute Gasteiger partial charge is 0.496 e. The van der Waals surface area contributed by atoms with Crippen molar-refractivity contribution in [2.75, 3.05) is 27.2 Å². The lowest BCUT2D eigenvalue weighted by atomic mass is 10.0. The number of likely N-dealkylation sites (N-methyl/N-ethyl adjacent to an activating group) is 1. The second kappa shape index (κ2) is 6.53. The number of fused-ring (bicyclic) bond motifs is 1. The van der Waals surface area contributed by atoms with Crippen molar-refractivity contribution in [3.8, 4) is 16.9 Å². The van der Waals surface area contributed by atoms with Crippen LogP contribution in [0.2, 0.25) is 0 Å². The van der Waals surface area contributed by atoms with E-state index in [4.69, 9.17) is 4.74 Å². The molecule has 0 spiro atoms. The summed E-state index contributed by atoms with van der Waals surface area (Å²) < 4.78 is 32.7. The molecule has 1 N–H and O–H groups in total. The van der Waals surface area contributed by atoms with Crippen LogP contribution in [0, 0.1) is 11.6 Å². The van der Waals surface area contributed by atoms with Crippen LogP contribution in [0.15, 0.2) is 36.5 Å². The minimum Gasteiger partial charge on any atom is -0.496 e. The van der Waals surface area contributed by atoms with Crippen LogP contribution >= 0.6 is 0 Å². The molecule has 26 heavy (non-hydrogen) atoms. The summed E-state index contributed by atoms with van der Waals surface area (Å²) in [5.41, 5.74) is 4.21. The second-order valence-electron chi connectivity index (χ2n) is 6.51. The molecule has 3 heterocycles. The summed E-state index contributed by atoms with van der Waals surface area (Å²) in [7, 11) is 3.54. The summed E-state index contributed by atoms with van der Waals surface area (Å²) in [6.07, 6.45) is 4.81. The Bertz CT molecular complexity index is 1010. The maximum atomic E-state index is 13.8. The minimum atomic E-state index is -0.929. The van der Waals surface area contributed by atoms with Crippen LogP contribution in [0.4, 0.5) is 8.78 Å². The van der Waals surface area contributed by atoms with E-state index in [9.17, 15) is 8.78 Å². The topological polar surface area (TPSA) is 41.1 Å². The lowest BCUT2D eigenvalue weighted by molar-refractivity contribution is 0.370. The fourth-order valence-electron chi connectivity index (χ4n) is 3.36. The minimum absolute atomic E-state index is 0.289. The number of aromatic nitrogens is 2. The third-order valence-corrected chi connectivity index (χ3v) is 4.82. The van der Waals surface area contributed by atoms with Gasteiger partial charge in [0.1, 0.15) is 11.4 Å². The Morgan fingerprint density at radius 1 is 1.15 bits per heavy atom. The summed E-state index contributed by atoms with van der Waals surface area (Å²) in [5.74, 6) is -1.54. The van der Waals surface area contributed by atoms with Gasteiger partial charge in [0.15, 0.2) is 11.6 Å². The number of benzene rings is 1. The fraction of sp³-hybridized carbons (Fsp3) is 0.250. The smallest absolute Gasteiger partial charge is 0.162 e. The highest BCUT2D eigenvalue weighted by Gasteiger charge is 2.18. The van der Waals surface area contributed by atoms with Crippen LogP contribution in [-0.4, -0.2) is 42.1 Å². The standard InChI is InChI=1S/C20H19F2N3O/c1-25-7-4-12(5-8-25)18-10-15-13(3-6-23-20(15)24-18)14-9-16(21)17(22)11-19(14)26-2/h3-4,6,9-11H,5,7-8H2,1-2H3,(H,23,24). The van der Waals surface area contributed by atoms with E-state index in [1.165, 1.54) is 18.7 Å². The number of methoxy groups -OCH3 is 1. The highest BCUT2D eigenvalue weighted by Crippen LogP contribution is 2.37. The van der Waals surface area contributed by atoms with Gasteiger partial charge < -0.3 is 14.6 Å². The molecule has 0 radical (unpaired) electrons. The van der Waals surface area contributed by atoms with Gasteiger partial charge in [-0.25, -0.2) is 13.8 Å². The van der Waals surface area contributed by atoms with Crippen LogP contribution in [0.5, 0.6) is 5.75 Å². The molecule has 134 valence electrons. The number of aromatic amines is 1. The van der Waals surface area contributed by atoms with E-state index < -0.39 is 11.6 Å². The van der Waals surface area contributed by atoms with E-state index in [1.54, 1.807) is 12.3 Å². The number of nitrogens with one attached hydrogen (secondary N) is 1. The maximum absolute atomic E-state index is 13.8. The highest BCUT2D eigenvalue weighted by atomic mass is 19.2. The van der Waals surface area contributed by atoms with Gasteiger partial charge in [-0.05, 0) is 42.8 Å². The van der Waals surface area contributed by atoms with Crippen molar-refractivity contribution in [2.24, 2.45) is 0 Å². The van der Waals surface area contributed by atoms with Gasteiger partial charge in [0.25, 0.3) is 0 Å². The van der Waals surface area contributed by atoms with E-state index in [2.05, 4.69) is 28.0 Å². The Labute approximate surface area is 150 Å². The van der Waals surface area contributed by atoms with Crippen LogP contribution in [0.25, 0.3) is 27.7 Å². The summed E-state index contributed by atoms with van der Waals surface area (Å²) in [4.78, 5) is 9.99. The molecule has 4 nitrogen and oxygen atoms in total. The summed E-state index contributed by atoms with van der Waals surface area (Å²) >= 11 is 0. The summed E-state index contributed by atoms with van der Waals surface area (Å²) in [5, 5.41) is 0.853. The van der Waals surface area contributed by atoms with E-state index >= 15 is 0 Å². The van der Waals surface area contributed by atoms with E-state index in [0.29, 0.717) is 11.2 Å². The maximum Gasteiger partial charge on any atom is 0.162 e. The second-order valence-corrected chi connectivity index (χ2v) is 6.51. The van der Waals surface area contributed by atoms with Crippen molar-refractivity contribution >= 4 is 16.6 Å². The Balaban J connectivity index is 1.86. The molecule has 0 unspecified atom stereocenters. The van der Waals surface area contributed by atoms with Crippen LogP contribution in [0.1, 0.15) is 12.1 Å². The highest BCUT2D eigenvalue weighted by molar-refractivity contribution is 5.96. The molecular weight excluding hydrogens is 336 g/mol. The predicted molar refractivity (Wildman–Crippen MR) is 98.1 cm³/mol. The van der Waals surface area contributed by atoms with E-state index in [-0.39, 0.29) is 5.75 Å². The first-order valence-electron chi connectivity index (χ1n) is 8.46. The molecule has 0 saturated heterocycles. The van der Waals surface area contributed by atoms with Crippen molar-refractivity contribution in [2.45, 2.75) is 6.42 Å². The number of hydrogen-bond donors (Lipinski definition) is 1. The van der Waals surface area contributed by atoms with Crippen molar-refractivity contribution < 1.29 is 13.5 Å². The molecule has 1 aromatic carbocycles. The molecule has 0 fully saturated rings. The van der Waals surface area contributed by atoms with Crippen LogP contribution in [0.3, 0.4) is 0 Å². The van der Waals surface area contributed by atoms with Crippen LogP contribution in [-0.2, 0) is 0 Å². The molecule has 4 rings (SSSR count).